The van der Waals surface area contributed by atoms with Crippen molar-refractivity contribution in [3.05, 3.63) is 29.3 Å². The lowest BCUT2D eigenvalue weighted by atomic mass is 10.1. The number of nitrogens with zero attached hydrogens (tertiary/aromatic N) is 1. The van der Waals surface area contributed by atoms with Gasteiger partial charge in [-0.1, -0.05) is 13.0 Å². The molecule has 1 amide bonds. The van der Waals surface area contributed by atoms with E-state index in [1.54, 1.807) is 19.1 Å². The molecule has 0 aliphatic carbocycles. The molecule has 0 saturated carbocycles. The number of carbonyl (C=O) groups is 1. The molecule has 1 aromatic rings. The summed E-state index contributed by atoms with van der Waals surface area (Å²) in [5.74, 6) is 0.437. The Hall–Kier alpha value is -2.02. The maximum Gasteiger partial charge on any atom is 0.260 e. The van der Waals surface area contributed by atoms with Gasteiger partial charge in [0.25, 0.3) is 5.91 Å². The van der Waals surface area contributed by atoms with Gasteiger partial charge in [-0.05, 0) is 38.0 Å². The van der Waals surface area contributed by atoms with Crippen molar-refractivity contribution in [2.75, 3.05) is 6.54 Å². The molecule has 0 aliphatic heterocycles. The quantitative estimate of drug-likeness (QED) is 0.866. The molecule has 0 radical (unpaired) electrons. The number of nitrogens with one attached hydrogen (secondary N) is 1. The molecule has 0 bridgehead atoms. The number of amides is 1. The average Bonchev–Trinajstić information content (AvgIpc) is 2.38. The summed E-state index contributed by atoms with van der Waals surface area (Å²) in [4.78, 5) is 11.7. The zero-order valence-corrected chi connectivity index (χ0v) is 11.0. The van der Waals surface area contributed by atoms with Gasteiger partial charge in [-0.3, -0.25) is 4.79 Å². The summed E-state index contributed by atoms with van der Waals surface area (Å²) < 4.78 is 5.58. The molecular weight excluding hydrogens is 228 g/mol. The van der Waals surface area contributed by atoms with Crippen molar-refractivity contribution in [2.24, 2.45) is 0 Å². The first-order chi connectivity index (χ1) is 8.58. The second-order valence-electron chi connectivity index (χ2n) is 4.14. The van der Waals surface area contributed by atoms with E-state index in [1.165, 1.54) is 0 Å². The monoisotopic (exact) mass is 246 g/mol. The molecule has 0 saturated heterocycles. The third-order valence-corrected chi connectivity index (χ3v) is 2.54. The maximum atomic E-state index is 11.7. The van der Waals surface area contributed by atoms with Gasteiger partial charge < -0.3 is 10.1 Å². The van der Waals surface area contributed by atoms with Crippen molar-refractivity contribution >= 4 is 5.91 Å². The van der Waals surface area contributed by atoms with Crippen molar-refractivity contribution in [1.82, 2.24) is 5.32 Å². The van der Waals surface area contributed by atoms with Crippen LogP contribution < -0.4 is 10.1 Å². The predicted octanol–water partition coefficient (Wildman–Crippen LogP) is 2.16. The van der Waals surface area contributed by atoms with Crippen LogP contribution in [-0.4, -0.2) is 18.6 Å². The van der Waals surface area contributed by atoms with E-state index >= 15 is 0 Å². The Morgan fingerprint density at radius 1 is 1.56 bits per heavy atom. The first-order valence-electron chi connectivity index (χ1n) is 6.03. The van der Waals surface area contributed by atoms with E-state index < -0.39 is 6.10 Å². The molecule has 1 unspecified atom stereocenters. The smallest absolute Gasteiger partial charge is 0.260 e. The minimum atomic E-state index is -0.566. The second-order valence-corrected chi connectivity index (χ2v) is 4.14. The van der Waals surface area contributed by atoms with Gasteiger partial charge in [0.05, 0.1) is 11.6 Å². The van der Waals surface area contributed by atoms with E-state index in [1.807, 2.05) is 19.9 Å². The molecule has 0 spiro atoms. The number of aryl methyl sites for hydroxylation is 1. The van der Waals surface area contributed by atoms with Gasteiger partial charge in [0, 0.05) is 6.54 Å². The van der Waals surface area contributed by atoms with Gasteiger partial charge in [0.2, 0.25) is 0 Å². The van der Waals surface area contributed by atoms with Crippen LogP contribution in [0.15, 0.2) is 18.2 Å². The minimum Gasteiger partial charge on any atom is -0.481 e. The molecule has 1 atom stereocenters. The SMILES string of the molecule is CCCNC(=O)C(C)Oc1cc(C#N)ccc1C. The minimum absolute atomic E-state index is 0.140. The second kappa shape index (κ2) is 6.65. The molecule has 1 N–H and O–H groups in total. The molecule has 0 heterocycles. The first kappa shape index (κ1) is 14.0. The van der Waals surface area contributed by atoms with Gasteiger partial charge >= 0.3 is 0 Å². The lowest BCUT2D eigenvalue weighted by Crippen LogP contribution is -2.36. The van der Waals surface area contributed by atoms with Gasteiger partial charge in [-0.2, -0.15) is 5.26 Å². The molecule has 18 heavy (non-hydrogen) atoms. The Labute approximate surface area is 108 Å². The first-order valence-corrected chi connectivity index (χ1v) is 6.03. The van der Waals surface area contributed by atoms with Crippen LogP contribution in [0.4, 0.5) is 0 Å². The van der Waals surface area contributed by atoms with E-state index in [0.29, 0.717) is 17.9 Å². The fraction of sp³-hybridized carbons (Fsp3) is 0.429. The van der Waals surface area contributed by atoms with E-state index in [9.17, 15) is 4.79 Å². The Balaban J connectivity index is 2.72. The van der Waals surface area contributed by atoms with Gasteiger partial charge in [0.1, 0.15) is 5.75 Å². The number of hydrogen-bond donors (Lipinski definition) is 1. The fourth-order valence-corrected chi connectivity index (χ4v) is 1.43. The third kappa shape index (κ3) is 3.77. The summed E-state index contributed by atoms with van der Waals surface area (Å²) in [5, 5.41) is 11.6. The summed E-state index contributed by atoms with van der Waals surface area (Å²) in [6.45, 7) is 6.22. The van der Waals surface area contributed by atoms with E-state index in [4.69, 9.17) is 10.00 Å². The van der Waals surface area contributed by atoms with E-state index in [-0.39, 0.29) is 5.91 Å². The Morgan fingerprint density at radius 2 is 2.28 bits per heavy atom. The van der Waals surface area contributed by atoms with Crippen LogP contribution in [0.3, 0.4) is 0 Å². The largest absolute Gasteiger partial charge is 0.481 e. The molecule has 4 nitrogen and oxygen atoms in total. The van der Waals surface area contributed by atoms with Gasteiger partial charge in [-0.15, -0.1) is 0 Å². The van der Waals surface area contributed by atoms with Gasteiger partial charge in [0.15, 0.2) is 6.10 Å². The highest BCUT2D eigenvalue weighted by molar-refractivity contribution is 5.80. The maximum absolute atomic E-state index is 11.7. The van der Waals surface area contributed by atoms with Crippen LogP contribution in [-0.2, 0) is 4.79 Å². The van der Waals surface area contributed by atoms with Crippen LogP contribution in [0, 0.1) is 18.3 Å². The number of nitriles is 1. The fourth-order valence-electron chi connectivity index (χ4n) is 1.43. The average molecular weight is 246 g/mol. The predicted molar refractivity (Wildman–Crippen MR) is 69.3 cm³/mol. The Kier molecular flexibility index (Phi) is 5.19. The van der Waals surface area contributed by atoms with Crippen molar-refractivity contribution in [1.29, 1.82) is 5.26 Å². The van der Waals surface area contributed by atoms with E-state index in [0.717, 1.165) is 12.0 Å². The normalized spacial score (nSPS) is 11.4. The summed E-state index contributed by atoms with van der Waals surface area (Å²) in [5.41, 5.74) is 1.43. The molecule has 96 valence electrons. The number of carbonyl (C=O) groups excluding carboxylic acids is 1. The van der Waals surface area contributed by atoms with Crippen LogP contribution in [0.1, 0.15) is 31.4 Å². The van der Waals surface area contributed by atoms with Gasteiger partial charge in [-0.25, -0.2) is 0 Å². The van der Waals surface area contributed by atoms with Crippen molar-refractivity contribution < 1.29 is 9.53 Å². The summed E-state index contributed by atoms with van der Waals surface area (Å²) in [6, 6.07) is 7.24. The van der Waals surface area contributed by atoms with Crippen molar-refractivity contribution in [3.8, 4) is 11.8 Å². The molecule has 0 fully saturated rings. The van der Waals surface area contributed by atoms with Crippen LogP contribution in [0.2, 0.25) is 0 Å². The molecule has 0 aromatic heterocycles. The van der Waals surface area contributed by atoms with Crippen LogP contribution in [0.5, 0.6) is 5.75 Å². The summed E-state index contributed by atoms with van der Waals surface area (Å²) >= 11 is 0. The topological polar surface area (TPSA) is 62.1 Å². The lowest BCUT2D eigenvalue weighted by Gasteiger charge is -2.16. The number of ether oxygens (including phenoxy) is 1. The number of hydrogen-bond acceptors (Lipinski definition) is 3. The van der Waals surface area contributed by atoms with Crippen molar-refractivity contribution in [3.63, 3.8) is 0 Å². The third-order valence-electron chi connectivity index (χ3n) is 2.54. The molecular formula is C14H18N2O2. The Morgan fingerprint density at radius 3 is 2.89 bits per heavy atom. The highest BCUT2D eigenvalue weighted by Gasteiger charge is 2.15. The zero-order chi connectivity index (χ0) is 13.5. The molecule has 0 aliphatic rings. The number of benzene rings is 1. The zero-order valence-electron chi connectivity index (χ0n) is 11.0. The number of rotatable bonds is 5. The Bertz CT molecular complexity index is 463. The highest BCUT2D eigenvalue weighted by Crippen LogP contribution is 2.20. The molecule has 1 rings (SSSR count). The molecule has 4 heteroatoms. The highest BCUT2D eigenvalue weighted by atomic mass is 16.5. The summed E-state index contributed by atoms with van der Waals surface area (Å²) in [7, 11) is 0. The lowest BCUT2D eigenvalue weighted by molar-refractivity contribution is -0.127. The standard InChI is InChI=1S/C14H18N2O2/c1-4-7-16-14(17)11(3)18-13-8-12(9-15)6-5-10(13)2/h5-6,8,11H,4,7H2,1-3H3,(H,16,17). The van der Waals surface area contributed by atoms with Crippen LogP contribution >= 0.6 is 0 Å². The van der Waals surface area contributed by atoms with E-state index in [2.05, 4.69) is 11.4 Å². The molecule has 1 aromatic carbocycles. The van der Waals surface area contributed by atoms with Crippen molar-refractivity contribution in [2.45, 2.75) is 33.3 Å². The summed E-state index contributed by atoms with van der Waals surface area (Å²) in [6.07, 6.45) is 0.325. The van der Waals surface area contributed by atoms with Crippen LogP contribution in [0.25, 0.3) is 0 Å².